The number of nitrogens with zero attached hydrogens (tertiary/aromatic N) is 3. The Morgan fingerprint density at radius 2 is 1.19 bits per heavy atom. The van der Waals surface area contributed by atoms with Gasteiger partial charge in [-0.05, 0) is 74.0 Å². The number of fused-ring (bicyclic) bond motifs is 11. The second-order valence-electron chi connectivity index (χ2n) is 14.5. The molecule has 3 heterocycles. The van der Waals surface area contributed by atoms with Gasteiger partial charge in [0.1, 0.15) is 6.17 Å². The van der Waals surface area contributed by atoms with Crippen molar-refractivity contribution < 1.29 is 0 Å². The molecular formula is C50H32N4. The molecule has 1 spiro atoms. The van der Waals surface area contributed by atoms with Crippen molar-refractivity contribution in [2.75, 3.05) is 10.2 Å². The lowest BCUT2D eigenvalue weighted by molar-refractivity contribution is 0.720. The van der Waals surface area contributed by atoms with Crippen LogP contribution in [0.4, 0.5) is 17.1 Å². The van der Waals surface area contributed by atoms with Gasteiger partial charge >= 0.3 is 0 Å². The number of benzene rings is 8. The van der Waals surface area contributed by atoms with Gasteiger partial charge in [-0.1, -0.05) is 158 Å². The van der Waals surface area contributed by atoms with E-state index in [2.05, 4.69) is 192 Å². The van der Waals surface area contributed by atoms with Crippen LogP contribution < -0.4 is 10.2 Å². The molecule has 54 heavy (non-hydrogen) atoms. The molecule has 1 N–H and O–H groups in total. The van der Waals surface area contributed by atoms with Gasteiger partial charge in [0.2, 0.25) is 0 Å². The van der Waals surface area contributed by atoms with Crippen LogP contribution in [0.5, 0.6) is 0 Å². The standard InChI is InChI=1S/C50H32N4/c1-2-15-32(16-3-1)49-52-44-26-13-24-41-47(44)54(49)45-27-11-9-23-40(45)50(41)39-22-8-6-19-35(39)36-29-28-33(30-42(36)50)48-51-43-25-10-7-20-38(43)46(53-48)37-21-12-17-31-14-4-5-18-34(31)37/h1-30,49,52H. The third-order valence-corrected chi connectivity index (χ3v) is 11.9. The highest BCUT2D eigenvalue weighted by Gasteiger charge is 2.54. The summed E-state index contributed by atoms with van der Waals surface area (Å²) in [7, 11) is 0. The molecule has 0 amide bonds. The van der Waals surface area contributed by atoms with E-state index in [0.29, 0.717) is 0 Å². The second kappa shape index (κ2) is 11.0. The fraction of sp³-hybridized carbons (Fsp3) is 0.0400. The highest BCUT2D eigenvalue weighted by Crippen LogP contribution is 2.66. The molecule has 2 aliphatic heterocycles. The van der Waals surface area contributed by atoms with E-state index >= 15 is 0 Å². The average Bonchev–Trinajstić information content (AvgIpc) is 3.77. The van der Waals surface area contributed by atoms with Gasteiger partial charge in [0.05, 0.1) is 28.0 Å². The second-order valence-corrected chi connectivity index (χ2v) is 14.5. The molecule has 252 valence electrons. The summed E-state index contributed by atoms with van der Waals surface area (Å²) in [6.07, 6.45) is -0.0261. The molecule has 0 radical (unpaired) electrons. The maximum atomic E-state index is 5.44. The van der Waals surface area contributed by atoms with Crippen molar-refractivity contribution in [3.8, 4) is 33.8 Å². The summed E-state index contributed by atoms with van der Waals surface area (Å²) in [5.74, 6) is 0.723. The molecule has 0 saturated carbocycles. The molecule has 0 fully saturated rings. The summed E-state index contributed by atoms with van der Waals surface area (Å²) in [5, 5.41) is 7.35. The van der Waals surface area contributed by atoms with E-state index in [1.807, 2.05) is 0 Å². The molecule has 3 aliphatic rings. The molecule has 2 atom stereocenters. The van der Waals surface area contributed by atoms with Gasteiger partial charge in [0.25, 0.3) is 0 Å². The Labute approximate surface area is 313 Å². The average molecular weight is 689 g/mol. The minimum absolute atomic E-state index is 0.0261. The molecule has 0 saturated heterocycles. The molecule has 0 bridgehead atoms. The lowest BCUT2D eigenvalue weighted by atomic mass is 9.64. The van der Waals surface area contributed by atoms with Gasteiger partial charge in [0.15, 0.2) is 5.82 Å². The fourth-order valence-electron chi connectivity index (χ4n) is 9.68. The predicted molar refractivity (Wildman–Crippen MR) is 220 cm³/mol. The van der Waals surface area contributed by atoms with E-state index in [-0.39, 0.29) is 6.17 Å². The number of para-hydroxylation sites is 3. The Hall–Kier alpha value is -7.04. The predicted octanol–water partition coefficient (Wildman–Crippen LogP) is 12.1. The van der Waals surface area contributed by atoms with Crippen LogP contribution in [0.3, 0.4) is 0 Å². The van der Waals surface area contributed by atoms with E-state index in [1.165, 1.54) is 61.1 Å². The first-order chi connectivity index (χ1) is 26.8. The number of hydrogen-bond donors (Lipinski definition) is 1. The monoisotopic (exact) mass is 688 g/mol. The van der Waals surface area contributed by atoms with Crippen LogP contribution in [0.25, 0.3) is 55.4 Å². The van der Waals surface area contributed by atoms with E-state index in [1.54, 1.807) is 0 Å². The Balaban J connectivity index is 1.13. The SMILES string of the molecule is c1ccc(C2Nc3cccc4c3N2c2ccccc2C42c3ccccc3-c3ccc(-c4nc(-c5cccc6ccccc56)c5ccccc5n4)cc32)cc1. The topological polar surface area (TPSA) is 41.0 Å². The number of aromatic nitrogens is 2. The first-order valence-electron chi connectivity index (χ1n) is 18.6. The molecule has 4 nitrogen and oxygen atoms in total. The van der Waals surface area contributed by atoms with Gasteiger partial charge in [-0.3, -0.25) is 0 Å². The largest absolute Gasteiger partial charge is 0.359 e. The third kappa shape index (κ3) is 3.86. The van der Waals surface area contributed by atoms with E-state index in [4.69, 9.17) is 9.97 Å². The van der Waals surface area contributed by atoms with Crippen LogP contribution in [0.15, 0.2) is 182 Å². The first kappa shape index (κ1) is 29.5. The van der Waals surface area contributed by atoms with Crippen LogP contribution in [-0.4, -0.2) is 9.97 Å². The van der Waals surface area contributed by atoms with E-state index < -0.39 is 5.41 Å². The van der Waals surface area contributed by atoms with Crippen LogP contribution in [0.2, 0.25) is 0 Å². The van der Waals surface area contributed by atoms with E-state index in [0.717, 1.165) is 39.2 Å². The van der Waals surface area contributed by atoms with Crippen molar-refractivity contribution in [2.45, 2.75) is 11.6 Å². The lowest BCUT2D eigenvalue weighted by Crippen LogP contribution is -2.37. The van der Waals surface area contributed by atoms with E-state index in [9.17, 15) is 0 Å². The van der Waals surface area contributed by atoms with Crippen molar-refractivity contribution in [1.29, 1.82) is 0 Å². The zero-order valence-corrected chi connectivity index (χ0v) is 29.2. The zero-order chi connectivity index (χ0) is 35.4. The highest BCUT2D eigenvalue weighted by molar-refractivity contribution is 6.04. The van der Waals surface area contributed by atoms with Crippen molar-refractivity contribution in [1.82, 2.24) is 9.97 Å². The van der Waals surface area contributed by atoms with Crippen molar-refractivity contribution in [3.05, 3.63) is 210 Å². The zero-order valence-electron chi connectivity index (χ0n) is 29.2. The number of anilines is 3. The molecule has 1 aromatic heterocycles. The maximum Gasteiger partial charge on any atom is 0.160 e. The van der Waals surface area contributed by atoms with Gasteiger partial charge in [0, 0.05) is 22.2 Å². The van der Waals surface area contributed by atoms with Gasteiger partial charge in [-0.15, -0.1) is 0 Å². The minimum atomic E-state index is -0.553. The fourth-order valence-corrected chi connectivity index (χ4v) is 9.68. The van der Waals surface area contributed by atoms with Gasteiger partial charge in [-0.2, -0.15) is 0 Å². The summed E-state index contributed by atoms with van der Waals surface area (Å²) in [6, 6.07) is 65.9. The minimum Gasteiger partial charge on any atom is -0.359 e. The summed E-state index contributed by atoms with van der Waals surface area (Å²) < 4.78 is 0. The maximum absolute atomic E-state index is 5.44. The molecule has 9 aromatic rings. The normalized spacial score (nSPS) is 17.3. The summed E-state index contributed by atoms with van der Waals surface area (Å²) >= 11 is 0. The summed E-state index contributed by atoms with van der Waals surface area (Å²) in [6.45, 7) is 0. The Kier molecular flexibility index (Phi) is 6.01. The van der Waals surface area contributed by atoms with Gasteiger partial charge < -0.3 is 10.2 Å². The van der Waals surface area contributed by atoms with Crippen LogP contribution in [-0.2, 0) is 5.41 Å². The smallest absolute Gasteiger partial charge is 0.160 e. The molecule has 1 aliphatic carbocycles. The molecule has 8 aromatic carbocycles. The van der Waals surface area contributed by atoms with Crippen LogP contribution in [0.1, 0.15) is 34.0 Å². The Bertz CT molecular complexity index is 3000. The Morgan fingerprint density at radius 1 is 0.500 bits per heavy atom. The third-order valence-electron chi connectivity index (χ3n) is 11.9. The van der Waals surface area contributed by atoms with Gasteiger partial charge in [-0.25, -0.2) is 9.97 Å². The lowest BCUT2D eigenvalue weighted by Gasteiger charge is -2.44. The summed E-state index contributed by atoms with van der Waals surface area (Å²) in [5.41, 5.74) is 15.9. The summed E-state index contributed by atoms with van der Waals surface area (Å²) in [4.78, 5) is 13.2. The number of rotatable bonds is 3. The highest BCUT2D eigenvalue weighted by atomic mass is 15.3. The van der Waals surface area contributed by atoms with Crippen molar-refractivity contribution in [2.24, 2.45) is 0 Å². The molecule has 12 rings (SSSR count). The van der Waals surface area contributed by atoms with Crippen molar-refractivity contribution in [3.63, 3.8) is 0 Å². The quantitative estimate of drug-likeness (QED) is 0.201. The Morgan fingerprint density at radius 3 is 2.11 bits per heavy atom. The molecule has 2 unspecified atom stereocenters. The van der Waals surface area contributed by atoms with Crippen LogP contribution >= 0.6 is 0 Å². The first-order valence-corrected chi connectivity index (χ1v) is 18.6. The van der Waals surface area contributed by atoms with Crippen LogP contribution in [0, 0.1) is 0 Å². The number of nitrogens with one attached hydrogen (secondary N) is 1. The molecule has 4 heteroatoms. The van der Waals surface area contributed by atoms with Crippen molar-refractivity contribution >= 4 is 38.7 Å². The molecular weight excluding hydrogens is 657 g/mol. The number of hydrogen-bond acceptors (Lipinski definition) is 4.